The molecule has 4 nitrogen and oxygen atoms in total. The summed E-state index contributed by atoms with van der Waals surface area (Å²) in [4.78, 5) is 10.3. The first kappa shape index (κ1) is 10.4. The van der Waals surface area contributed by atoms with Gasteiger partial charge in [-0.3, -0.25) is 4.79 Å². The Morgan fingerprint density at radius 3 is 2.45 bits per heavy atom. The molecular weight excluding hydrogens is 146 g/mol. The zero-order chi connectivity index (χ0) is 8.85. The van der Waals surface area contributed by atoms with Gasteiger partial charge in [0.05, 0.1) is 12.5 Å². The van der Waals surface area contributed by atoms with Crippen molar-refractivity contribution in [2.75, 3.05) is 13.2 Å². The van der Waals surface area contributed by atoms with Crippen LogP contribution in [0.25, 0.3) is 0 Å². The first-order chi connectivity index (χ1) is 5.07. The van der Waals surface area contributed by atoms with Crippen molar-refractivity contribution < 1.29 is 15.0 Å². The normalized spacial score (nSPS) is 15.9. The topological polar surface area (TPSA) is 69.6 Å². The number of aliphatic hydroxyl groups is 1. The number of carboxylic acid groups (broad SMARTS) is 1. The highest BCUT2D eigenvalue weighted by Crippen LogP contribution is 1.92. The highest BCUT2D eigenvalue weighted by Gasteiger charge is 2.10. The van der Waals surface area contributed by atoms with Gasteiger partial charge in [-0.2, -0.15) is 0 Å². The summed E-state index contributed by atoms with van der Waals surface area (Å²) in [5, 5.41) is 19.9. The van der Waals surface area contributed by atoms with Gasteiger partial charge < -0.3 is 15.5 Å². The van der Waals surface area contributed by atoms with Gasteiger partial charge in [0.15, 0.2) is 0 Å². The van der Waals surface area contributed by atoms with E-state index >= 15 is 0 Å². The van der Waals surface area contributed by atoms with Crippen LogP contribution < -0.4 is 5.32 Å². The van der Waals surface area contributed by atoms with E-state index in [4.69, 9.17) is 10.2 Å². The molecule has 0 aliphatic carbocycles. The van der Waals surface area contributed by atoms with Gasteiger partial charge in [0.1, 0.15) is 0 Å². The van der Waals surface area contributed by atoms with E-state index in [9.17, 15) is 4.79 Å². The minimum atomic E-state index is -0.817. The van der Waals surface area contributed by atoms with E-state index in [0.717, 1.165) is 0 Å². The summed E-state index contributed by atoms with van der Waals surface area (Å²) in [7, 11) is 0. The number of hydrogen-bond donors (Lipinski definition) is 3. The molecule has 0 amide bonds. The zero-order valence-corrected chi connectivity index (χ0v) is 6.87. The lowest BCUT2D eigenvalue weighted by Gasteiger charge is -2.12. The van der Waals surface area contributed by atoms with Crippen LogP contribution in [0.4, 0.5) is 0 Å². The van der Waals surface area contributed by atoms with Crippen molar-refractivity contribution in [1.82, 2.24) is 5.32 Å². The molecule has 11 heavy (non-hydrogen) atoms. The minimum absolute atomic E-state index is 0.0307. The second-order valence-corrected chi connectivity index (χ2v) is 2.73. The maximum absolute atomic E-state index is 10.3. The summed E-state index contributed by atoms with van der Waals surface area (Å²) in [6, 6.07) is -0.0307. The van der Waals surface area contributed by atoms with Crippen molar-refractivity contribution in [3.8, 4) is 0 Å². The lowest BCUT2D eigenvalue weighted by atomic mass is 10.2. The molecule has 0 fully saturated rings. The largest absolute Gasteiger partial charge is 0.481 e. The fraction of sp³-hybridized carbons (Fsp3) is 0.857. The van der Waals surface area contributed by atoms with Crippen molar-refractivity contribution in [2.45, 2.75) is 19.9 Å². The monoisotopic (exact) mass is 161 g/mol. The molecule has 2 unspecified atom stereocenters. The van der Waals surface area contributed by atoms with E-state index < -0.39 is 11.9 Å². The van der Waals surface area contributed by atoms with E-state index in [2.05, 4.69) is 5.32 Å². The summed E-state index contributed by atoms with van der Waals surface area (Å²) >= 11 is 0. The van der Waals surface area contributed by atoms with E-state index in [1.807, 2.05) is 0 Å². The van der Waals surface area contributed by atoms with Crippen LogP contribution in [0.2, 0.25) is 0 Å². The molecule has 0 spiro atoms. The predicted molar refractivity (Wildman–Crippen MR) is 41.4 cm³/mol. The second kappa shape index (κ2) is 5.09. The third kappa shape index (κ3) is 4.75. The third-order valence-electron chi connectivity index (χ3n) is 1.47. The van der Waals surface area contributed by atoms with Gasteiger partial charge in [-0.05, 0) is 6.92 Å². The molecule has 0 saturated carbocycles. The summed E-state index contributed by atoms with van der Waals surface area (Å²) < 4.78 is 0. The summed E-state index contributed by atoms with van der Waals surface area (Å²) in [6.45, 7) is 3.86. The van der Waals surface area contributed by atoms with E-state index in [0.29, 0.717) is 6.54 Å². The molecule has 0 aromatic rings. The molecule has 0 saturated heterocycles. The molecule has 2 atom stereocenters. The van der Waals surface area contributed by atoms with Crippen LogP contribution in [0.1, 0.15) is 13.8 Å². The highest BCUT2D eigenvalue weighted by molar-refractivity contribution is 5.69. The van der Waals surface area contributed by atoms with Crippen LogP contribution in [-0.2, 0) is 4.79 Å². The van der Waals surface area contributed by atoms with Gasteiger partial charge in [-0.25, -0.2) is 0 Å². The Morgan fingerprint density at radius 1 is 1.55 bits per heavy atom. The lowest BCUT2D eigenvalue weighted by molar-refractivity contribution is -0.141. The average molecular weight is 161 g/mol. The molecule has 0 aromatic carbocycles. The van der Waals surface area contributed by atoms with E-state index in [1.54, 1.807) is 13.8 Å². The molecule has 3 N–H and O–H groups in total. The van der Waals surface area contributed by atoms with Crippen LogP contribution >= 0.6 is 0 Å². The van der Waals surface area contributed by atoms with Gasteiger partial charge in [0.2, 0.25) is 0 Å². The van der Waals surface area contributed by atoms with Gasteiger partial charge in [-0.15, -0.1) is 0 Å². The SMILES string of the molecule is CC(CO)NCC(C)C(=O)O. The van der Waals surface area contributed by atoms with Crippen molar-refractivity contribution >= 4 is 5.97 Å². The standard InChI is InChI=1S/C7H15NO3/c1-5(7(10)11)3-8-6(2)4-9/h5-6,8-9H,3-4H2,1-2H3,(H,10,11). The molecule has 0 rings (SSSR count). The third-order valence-corrected chi connectivity index (χ3v) is 1.47. The smallest absolute Gasteiger partial charge is 0.307 e. The Morgan fingerprint density at radius 2 is 2.09 bits per heavy atom. The Labute approximate surface area is 66.2 Å². The molecule has 0 radical (unpaired) electrons. The number of carboxylic acids is 1. The number of aliphatic hydroxyl groups excluding tert-OH is 1. The molecule has 66 valence electrons. The molecule has 0 aliphatic heterocycles. The molecule has 0 heterocycles. The predicted octanol–water partition coefficient (Wildman–Crippen LogP) is -0.323. The minimum Gasteiger partial charge on any atom is -0.481 e. The lowest BCUT2D eigenvalue weighted by Crippen LogP contribution is -2.35. The summed E-state index contributed by atoms with van der Waals surface area (Å²) in [6.07, 6.45) is 0. The highest BCUT2D eigenvalue weighted by atomic mass is 16.4. The molecule has 0 bridgehead atoms. The quantitative estimate of drug-likeness (QED) is 0.516. The van der Waals surface area contributed by atoms with E-state index in [1.165, 1.54) is 0 Å². The summed E-state index contributed by atoms with van der Waals surface area (Å²) in [5.41, 5.74) is 0. The van der Waals surface area contributed by atoms with Crippen molar-refractivity contribution in [3.05, 3.63) is 0 Å². The Hall–Kier alpha value is -0.610. The van der Waals surface area contributed by atoms with Crippen molar-refractivity contribution in [1.29, 1.82) is 0 Å². The zero-order valence-electron chi connectivity index (χ0n) is 6.87. The van der Waals surface area contributed by atoms with Gasteiger partial charge in [0.25, 0.3) is 0 Å². The number of aliphatic carboxylic acids is 1. The van der Waals surface area contributed by atoms with Gasteiger partial charge >= 0.3 is 5.97 Å². The fourth-order valence-electron chi connectivity index (χ4n) is 0.530. The van der Waals surface area contributed by atoms with Gasteiger partial charge in [0, 0.05) is 12.6 Å². The maximum Gasteiger partial charge on any atom is 0.307 e. The molecule has 0 aromatic heterocycles. The van der Waals surface area contributed by atoms with Crippen LogP contribution in [0.3, 0.4) is 0 Å². The van der Waals surface area contributed by atoms with Crippen LogP contribution in [0, 0.1) is 5.92 Å². The fourth-order valence-corrected chi connectivity index (χ4v) is 0.530. The number of carbonyl (C=O) groups is 1. The van der Waals surface area contributed by atoms with Crippen LogP contribution in [0.15, 0.2) is 0 Å². The summed E-state index contributed by atoms with van der Waals surface area (Å²) in [5.74, 6) is -1.22. The number of rotatable bonds is 5. The first-order valence-corrected chi connectivity index (χ1v) is 3.65. The van der Waals surface area contributed by atoms with Crippen molar-refractivity contribution in [2.24, 2.45) is 5.92 Å². The second-order valence-electron chi connectivity index (χ2n) is 2.73. The van der Waals surface area contributed by atoms with Gasteiger partial charge in [-0.1, -0.05) is 6.92 Å². The number of hydrogen-bond acceptors (Lipinski definition) is 3. The molecule has 4 heteroatoms. The Kier molecular flexibility index (Phi) is 4.81. The van der Waals surface area contributed by atoms with Crippen LogP contribution in [-0.4, -0.2) is 35.4 Å². The molecular formula is C7H15NO3. The first-order valence-electron chi connectivity index (χ1n) is 3.65. The van der Waals surface area contributed by atoms with E-state index in [-0.39, 0.29) is 12.6 Å². The van der Waals surface area contributed by atoms with Crippen molar-refractivity contribution in [3.63, 3.8) is 0 Å². The Balaban J connectivity index is 3.45. The number of nitrogens with one attached hydrogen (secondary N) is 1. The molecule has 0 aliphatic rings. The average Bonchev–Trinajstić information content (AvgIpc) is 1.99. The maximum atomic E-state index is 10.3. The Bertz CT molecular complexity index is 127. The van der Waals surface area contributed by atoms with Crippen LogP contribution in [0.5, 0.6) is 0 Å².